The fraction of sp³-hybridized carbons (Fsp3) is 0.368. The van der Waals surface area contributed by atoms with Crippen molar-refractivity contribution in [3.8, 4) is 0 Å². The normalized spacial score (nSPS) is 28.9. The highest BCUT2D eigenvalue weighted by molar-refractivity contribution is 5.44. The second-order valence-corrected chi connectivity index (χ2v) is 6.27. The van der Waals surface area contributed by atoms with E-state index in [1.54, 1.807) is 11.1 Å². The third-order valence-electron chi connectivity index (χ3n) is 5.27. The van der Waals surface area contributed by atoms with Gasteiger partial charge in [-0.1, -0.05) is 54.6 Å². The van der Waals surface area contributed by atoms with E-state index in [-0.39, 0.29) is 0 Å². The number of hydrogen-bond donors (Lipinski definition) is 0. The van der Waals surface area contributed by atoms with Crippen molar-refractivity contribution in [2.75, 3.05) is 13.6 Å². The van der Waals surface area contributed by atoms with E-state index in [4.69, 9.17) is 0 Å². The first kappa shape index (κ1) is 12.2. The summed E-state index contributed by atoms with van der Waals surface area (Å²) in [6.45, 7) is 1.24. The van der Waals surface area contributed by atoms with Crippen LogP contribution in [-0.2, 0) is 0 Å². The number of likely N-dealkylation sites (tertiary alicyclic amines) is 1. The van der Waals surface area contributed by atoms with Crippen LogP contribution in [0.2, 0.25) is 0 Å². The van der Waals surface area contributed by atoms with E-state index >= 15 is 0 Å². The molecule has 1 saturated heterocycles. The van der Waals surface area contributed by atoms with Crippen molar-refractivity contribution in [3.05, 3.63) is 71.3 Å². The van der Waals surface area contributed by atoms with Gasteiger partial charge in [0.15, 0.2) is 0 Å². The van der Waals surface area contributed by atoms with E-state index in [0.29, 0.717) is 5.92 Å². The smallest absolute Gasteiger partial charge is 0.0170 e. The van der Waals surface area contributed by atoms with Crippen molar-refractivity contribution in [3.63, 3.8) is 0 Å². The van der Waals surface area contributed by atoms with Crippen LogP contribution in [0.15, 0.2) is 54.6 Å². The summed E-state index contributed by atoms with van der Waals surface area (Å²) >= 11 is 0. The van der Waals surface area contributed by atoms with E-state index in [1.165, 1.54) is 24.9 Å². The molecule has 2 aromatic carbocycles. The molecule has 1 heteroatoms. The van der Waals surface area contributed by atoms with Gasteiger partial charge in [0, 0.05) is 17.9 Å². The highest BCUT2D eigenvalue weighted by atomic mass is 15.2. The third-order valence-corrected chi connectivity index (χ3v) is 5.27. The molecule has 0 bridgehead atoms. The van der Waals surface area contributed by atoms with Crippen LogP contribution >= 0.6 is 0 Å². The maximum Gasteiger partial charge on any atom is 0.0170 e. The van der Waals surface area contributed by atoms with Crippen molar-refractivity contribution in [1.29, 1.82) is 0 Å². The second kappa shape index (κ2) is 4.75. The molecule has 20 heavy (non-hydrogen) atoms. The predicted molar refractivity (Wildman–Crippen MR) is 83.1 cm³/mol. The Balaban J connectivity index is 1.83. The van der Waals surface area contributed by atoms with Gasteiger partial charge >= 0.3 is 0 Å². The standard InChI is InChI=1S/C19H21N/c1-20-12-11-17-15-9-5-6-10-16(15)18(13-19(17)20)14-7-3-2-4-8-14/h2-10,17-19H,11-13H2,1H3/t17-,18-,19-/m0/s1. The number of likely N-dealkylation sites (N-methyl/N-ethyl adjacent to an activating group) is 1. The molecule has 4 rings (SSSR count). The first-order valence-electron chi connectivity index (χ1n) is 7.68. The average molecular weight is 263 g/mol. The van der Waals surface area contributed by atoms with Gasteiger partial charge in [-0.2, -0.15) is 0 Å². The number of hydrogen-bond acceptors (Lipinski definition) is 1. The largest absolute Gasteiger partial charge is 0.303 e. The highest BCUT2D eigenvalue weighted by Crippen LogP contribution is 2.47. The minimum absolute atomic E-state index is 0.564. The van der Waals surface area contributed by atoms with Crippen LogP contribution in [0.3, 0.4) is 0 Å². The highest BCUT2D eigenvalue weighted by Gasteiger charge is 2.40. The van der Waals surface area contributed by atoms with Gasteiger partial charge in [-0.3, -0.25) is 0 Å². The fourth-order valence-electron chi connectivity index (χ4n) is 4.25. The van der Waals surface area contributed by atoms with E-state index in [1.807, 2.05) is 0 Å². The summed E-state index contributed by atoms with van der Waals surface area (Å²) in [6, 6.07) is 20.9. The van der Waals surface area contributed by atoms with Crippen LogP contribution in [0, 0.1) is 0 Å². The molecule has 0 radical (unpaired) electrons. The molecule has 2 aromatic rings. The molecule has 2 aliphatic rings. The lowest BCUT2D eigenvalue weighted by atomic mass is 9.71. The summed E-state index contributed by atoms with van der Waals surface area (Å²) in [5.41, 5.74) is 4.64. The minimum atomic E-state index is 0.564. The van der Waals surface area contributed by atoms with E-state index < -0.39 is 0 Å². The minimum Gasteiger partial charge on any atom is -0.303 e. The van der Waals surface area contributed by atoms with Gasteiger partial charge in [0.2, 0.25) is 0 Å². The summed E-state index contributed by atoms with van der Waals surface area (Å²) in [4.78, 5) is 2.57. The molecular formula is C19H21N. The molecule has 0 N–H and O–H groups in total. The number of benzene rings is 2. The van der Waals surface area contributed by atoms with Crippen LogP contribution < -0.4 is 0 Å². The summed E-state index contributed by atoms with van der Waals surface area (Å²) < 4.78 is 0. The molecule has 1 heterocycles. The van der Waals surface area contributed by atoms with E-state index in [0.717, 1.165) is 12.0 Å². The third kappa shape index (κ3) is 1.81. The number of nitrogens with zero attached hydrogens (tertiary/aromatic N) is 1. The van der Waals surface area contributed by atoms with Gasteiger partial charge in [0.05, 0.1) is 0 Å². The molecule has 0 unspecified atom stereocenters. The molecule has 1 fully saturated rings. The monoisotopic (exact) mass is 263 g/mol. The Kier molecular flexibility index (Phi) is 2.89. The molecule has 0 aromatic heterocycles. The van der Waals surface area contributed by atoms with Crippen molar-refractivity contribution in [2.45, 2.75) is 30.7 Å². The van der Waals surface area contributed by atoms with Crippen LogP contribution in [0.25, 0.3) is 0 Å². The molecular weight excluding hydrogens is 242 g/mol. The predicted octanol–water partition coefficient (Wildman–Crippen LogP) is 4.01. The topological polar surface area (TPSA) is 3.24 Å². The Morgan fingerprint density at radius 1 is 0.900 bits per heavy atom. The Labute approximate surface area is 121 Å². The second-order valence-electron chi connectivity index (χ2n) is 6.27. The Morgan fingerprint density at radius 2 is 1.60 bits per heavy atom. The van der Waals surface area contributed by atoms with Crippen LogP contribution in [0.4, 0.5) is 0 Å². The number of rotatable bonds is 1. The molecule has 1 aliphatic carbocycles. The lowest BCUT2D eigenvalue weighted by Gasteiger charge is -2.37. The summed E-state index contributed by atoms with van der Waals surface area (Å²) in [7, 11) is 2.29. The van der Waals surface area contributed by atoms with Crippen molar-refractivity contribution < 1.29 is 0 Å². The maximum atomic E-state index is 2.57. The lowest BCUT2D eigenvalue weighted by Crippen LogP contribution is -2.34. The zero-order valence-electron chi connectivity index (χ0n) is 12.0. The summed E-state index contributed by atoms with van der Waals surface area (Å²) in [5, 5.41) is 0. The van der Waals surface area contributed by atoms with Gasteiger partial charge < -0.3 is 4.90 Å². The van der Waals surface area contributed by atoms with Crippen LogP contribution in [-0.4, -0.2) is 24.5 Å². The molecule has 102 valence electrons. The van der Waals surface area contributed by atoms with Gasteiger partial charge in [-0.15, -0.1) is 0 Å². The maximum absolute atomic E-state index is 2.57. The van der Waals surface area contributed by atoms with Gasteiger partial charge in [0.1, 0.15) is 0 Å². The first-order valence-corrected chi connectivity index (χ1v) is 7.68. The number of fused-ring (bicyclic) bond motifs is 3. The average Bonchev–Trinajstić information content (AvgIpc) is 2.89. The zero-order chi connectivity index (χ0) is 13.5. The molecule has 1 nitrogen and oxygen atoms in total. The Morgan fingerprint density at radius 3 is 2.40 bits per heavy atom. The zero-order valence-corrected chi connectivity index (χ0v) is 12.0. The molecule has 0 saturated carbocycles. The lowest BCUT2D eigenvalue weighted by molar-refractivity contribution is 0.265. The van der Waals surface area contributed by atoms with Crippen LogP contribution in [0.1, 0.15) is 41.4 Å². The molecule has 1 aliphatic heterocycles. The Hall–Kier alpha value is -1.60. The summed E-state index contributed by atoms with van der Waals surface area (Å²) in [5.74, 6) is 1.31. The quantitative estimate of drug-likeness (QED) is 0.751. The summed E-state index contributed by atoms with van der Waals surface area (Å²) in [6.07, 6.45) is 2.59. The van der Waals surface area contributed by atoms with Crippen molar-refractivity contribution in [1.82, 2.24) is 4.90 Å². The van der Waals surface area contributed by atoms with Crippen molar-refractivity contribution >= 4 is 0 Å². The molecule has 0 amide bonds. The SMILES string of the molecule is CN1CC[C@H]2c3ccccc3[C@H](c3ccccc3)C[C@@H]21. The molecule has 0 spiro atoms. The Bertz CT molecular complexity index is 604. The van der Waals surface area contributed by atoms with E-state index in [9.17, 15) is 0 Å². The van der Waals surface area contributed by atoms with Gasteiger partial charge in [-0.25, -0.2) is 0 Å². The van der Waals surface area contributed by atoms with Gasteiger partial charge in [-0.05, 0) is 43.1 Å². The van der Waals surface area contributed by atoms with Gasteiger partial charge in [0.25, 0.3) is 0 Å². The molecule has 3 atom stereocenters. The van der Waals surface area contributed by atoms with Crippen molar-refractivity contribution in [2.24, 2.45) is 0 Å². The van der Waals surface area contributed by atoms with Crippen LogP contribution in [0.5, 0.6) is 0 Å². The fourth-order valence-corrected chi connectivity index (χ4v) is 4.25. The first-order chi connectivity index (χ1) is 9.84. The van der Waals surface area contributed by atoms with E-state index in [2.05, 4.69) is 66.5 Å².